The predicted octanol–water partition coefficient (Wildman–Crippen LogP) is 2.31. The Kier molecular flexibility index (Phi) is 1.82. The second-order valence-electron chi connectivity index (χ2n) is 2.42. The minimum atomic E-state index is -0.0266. The largest absolute Gasteiger partial charge is 0.253 e. The van der Waals surface area contributed by atoms with Gasteiger partial charge in [-0.05, 0) is 13.8 Å². The molecule has 50 valence electrons. The van der Waals surface area contributed by atoms with Crippen molar-refractivity contribution in [2.45, 2.75) is 18.6 Å². The van der Waals surface area contributed by atoms with Crippen molar-refractivity contribution in [3.8, 4) is 0 Å². The van der Waals surface area contributed by atoms with Crippen LogP contribution in [0.3, 0.4) is 0 Å². The van der Waals surface area contributed by atoms with Crippen LogP contribution in [0.4, 0.5) is 0 Å². The Labute approximate surface area is 64.5 Å². The van der Waals surface area contributed by atoms with Gasteiger partial charge in [-0.1, -0.05) is 0 Å². The van der Waals surface area contributed by atoms with Gasteiger partial charge < -0.3 is 0 Å². The number of nitrogens with zero attached hydrogens (tertiary/aromatic N) is 1. The SMILES string of the molecule is CC(C)(S)c1cncs1. The average Bonchev–Trinajstić information content (AvgIpc) is 2.08. The van der Waals surface area contributed by atoms with Gasteiger partial charge in [0.05, 0.1) is 5.51 Å². The Morgan fingerprint density at radius 2 is 2.33 bits per heavy atom. The van der Waals surface area contributed by atoms with Crippen LogP contribution in [0.5, 0.6) is 0 Å². The molecular weight excluding hydrogens is 150 g/mol. The molecule has 0 aliphatic rings. The molecule has 0 aliphatic heterocycles. The quantitative estimate of drug-likeness (QED) is 0.620. The van der Waals surface area contributed by atoms with Crippen molar-refractivity contribution in [3.63, 3.8) is 0 Å². The molecule has 0 radical (unpaired) electrons. The third kappa shape index (κ3) is 1.69. The topological polar surface area (TPSA) is 12.9 Å². The van der Waals surface area contributed by atoms with Gasteiger partial charge in [0.1, 0.15) is 0 Å². The van der Waals surface area contributed by atoms with Gasteiger partial charge in [-0.2, -0.15) is 12.6 Å². The van der Waals surface area contributed by atoms with Crippen LogP contribution in [-0.2, 0) is 4.75 Å². The zero-order valence-electron chi connectivity index (χ0n) is 5.46. The average molecular weight is 159 g/mol. The Bertz CT molecular complexity index is 173. The van der Waals surface area contributed by atoms with Crippen molar-refractivity contribution >= 4 is 24.0 Å². The second-order valence-corrected chi connectivity index (χ2v) is 4.43. The van der Waals surface area contributed by atoms with E-state index < -0.39 is 0 Å². The van der Waals surface area contributed by atoms with Crippen molar-refractivity contribution in [1.29, 1.82) is 0 Å². The summed E-state index contributed by atoms with van der Waals surface area (Å²) in [4.78, 5) is 5.17. The van der Waals surface area contributed by atoms with E-state index in [9.17, 15) is 0 Å². The van der Waals surface area contributed by atoms with E-state index in [2.05, 4.69) is 31.5 Å². The maximum absolute atomic E-state index is 4.38. The van der Waals surface area contributed by atoms with Crippen molar-refractivity contribution in [1.82, 2.24) is 4.98 Å². The summed E-state index contributed by atoms with van der Waals surface area (Å²) in [6.07, 6.45) is 1.86. The molecule has 0 saturated carbocycles. The number of rotatable bonds is 1. The van der Waals surface area contributed by atoms with Crippen LogP contribution in [0.1, 0.15) is 18.7 Å². The Balaban J connectivity index is 2.90. The first-order valence-corrected chi connectivity index (χ1v) is 4.05. The fourth-order valence-corrected chi connectivity index (χ4v) is 1.38. The van der Waals surface area contributed by atoms with Gasteiger partial charge in [0.25, 0.3) is 0 Å². The standard InChI is InChI=1S/C6H9NS2/c1-6(2,8)5-3-7-4-9-5/h3-4,8H,1-2H3. The molecule has 0 amide bonds. The van der Waals surface area contributed by atoms with Gasteiger partial charge in [-0.25, -0.2) is 0 Å². The predicted molar refractivity (Wildman–Crippen MR) is 44.1 cm³/mol. The summed E-state index contributed by atoms with van der Waals surface area (Å²) in [5.74, 6) is 0. The molecule has 1 heterocycles. The monoisotopic (exact) mass is 159 g/mol. The van der Waals surface area contributed by atoms with Gasteiger partial charge in [-0.15, -0.1) is 11.3 Å². The van der Waals surface area contributed by atoms with Crippen LogP contribution in [0, 0.1) is 0 Å². The zero-order valence-corrected chi connectivity index (χ0v) is 7.17. The third-order valence-electron chi connectivity index (χ3n) is 1.04. The van der Waals surface area contributed by atoms with Crippen LogP contribution < -0.4 is 0 Å². The number of thiazole rings is 1. The molecule has 9 heavy (non-hydrogen) atoms. The molecule has 1 nitrogen and oxygen atoms in total. The van der Waals surface area contributed by atoms with Crippen molar-refractivity contribution in [3.05, 3.63) is 16.6 Å². The van der Waals surface area contributed by atoms with Crippen molar-refractivity contribution in [2.75, 3.05) is 0 Å². The van der Waals surface area contributed by atoms with Crippen LogP contribution >= 0.6 is 24.0 Å². The van der Waals surface area contributed by atoms with Gasteiger partial charge in [0, 0.05) is 15.8 Å². The maximum atomic E-state index is 4.38. The smallest absolute Gasteiger partial charge is 0.0794 e. The molecule has 0 atom stereocenters. The van der Waals surface area contributed by atoms with Crippen LogP contribution in [0.15, 0.2) is 11.7 Å². The molecule has 0 unspecified atom stereocenters. The van der Waals surface area contributed by atoms with E-state index in [-0.39, 0.29) is 4.75 Å². The summed E-state index contributed by atoms with van der Waals surface area (Å²) >= 11 is 6.02. The molecule has 0 spiro atoms. The molecule has 0 aliphatic carbocycles. The summed E-state index contributed by atoms with van der Waals surface area (Å²) in [6.45, 7) is 4.12. The van der Waals surface area contributed by atoms with Crippen LogP contribution in [0.25, 0.3) is 0 Å². The Morgan fingerprint density at radius 3 is 2.56 bits per heavy atom. The van der Waals surface area contributed by atoms with Gasteiger partial charge >= 0.3 is 0 Å². The highest BCUT2D eigenvalue weighted by molar-refractivity contribution is 7.81. The van der Waals surface area contributed by atoms with Gasteiger partial charge in [-0.3, -0.25) is 4.98 Å². The molecule has 0 saturated heterocycles. The summed E-state index contributed by atoms with van der Waals surface area (Å²) < 4.78 is -0.0266. The Hall–Kier alpha value is -0.0200. The highest BCUT2D eigenvalue weighted by atomic mass is 32.1. The molecule has 1 rings (SSSR count). The fraction of sp³-hybridized carbons (Fsp3) is 0.500. The van der Waals surface area contributed by atoms with Gasteiger partial charge in [0.15, 0.2) is 0 Å². The fourth-order valence-electron chi connectivity index (χ4n) is 0.518. The van der Waals surface area contributed by atoms with Crippen molar-refractivity contribution < 1.29 is 0 Å². The van der Waals surface area contributed by atoms with E-state index in [1.54, 1.807) is 11.3 Å². The van der Waals surface area contributed by atoms with Crippen LogP contribution in [-0.4, -0.2) is 4.98 Å². The number of hydrogen-bond acceptors (Lipinski definition) is 3. The lowest BCUT2D eigenvalue weighted by molar-refractivity contribution is 0.808. The first-order chi connectivity index (χ1) is 4.11. The number of hydrogen-bond donors (Lipinski definition) is 1. The van der Waals surface area contributed by atoms with Gasteiger partial charge in [0.2, 0.25) is 0 Å². The first kappa shape index (κ1) is 7.09. The van der Waals surface area contributed by atoms with E-state index in [0.717, 1.165) is 0 Å². The van der Waals surface area contributed by atoms with Crippen LogP contribution in [0.2, 0.25) is 0 Å². The number of thiol groups is 1. The van der Waals surface area contributed by atoms with Crippen molar-refractivity contribution in [2.24, 2.45) is 0 Å². The molecular formula is C6H9NS2. The zero-order chi connectivity index (χ0) is 6.91. The van der Waals surface area contributed by atoms with E-state index in [1.165, 1.54) is 4.88 Å². The highest BCUT2D eigenvalue weighted by Gasteiger charge is 2.15. The summed E-state index contributed by atoms with van der Waals surface area (Å²) in [6, 6.07) is 0. The molecule has 0 bridgehead atoms. The normalized spacial score (nSPS) is 11.9. The molecule has 1 aromatic heterocycles. The minimum absolute atomic E-state index is 0.0266. The Morgan fingerprint density at radius 1 is 1.67 bits per heavy atom. The summed E-state index contributed by atoms with van der Waals surface area (Å²) in [5.41, 5.74) is 1.83. The van der Waals surface area contributed by atoms with E-state index >= 15 is 0 Å². The van der Waals surface area contributed by atoms with E-state index in [1.807, 2.05) is 11.7 Å². The molecule has 0 fully saturated rings. The second kappa shape index (κ2) is 2.31. The lowest BCUT2D eigenvalue weighted by atomic mass is 10.2. The maximum Gasteiger partial charge on any atom is 0.0794 e. The summed E-state index contributed by atoms with van der Waals surface area (Å²) in [5, 5.41) is 0. The lowest BCUT2D eigenvalue weighted by Crippen LogP contribution is -2.03. The minimum Gasteiger partial charge on any atom is -0.253 e. The third-order valence-corrected chi connectivity index (χ3v) is 2.52. The molecule has 1 aromatic rings. The highest BCUT2D eigenvalue weighted by Crippen LogP contribution is 2.29. The summed E-state index contributed by atoms with van der Waals surface area (Å²) in [7, 11) is 0. The number of aromatic nitrogens is 1. The van der Waals surface area contributed by atoms with E-state index in [0.29, 0.717) is 0 Å². The molecule has 0 N–H and O–H groups in total. The molecule has 3 heteroatoms. The lowest BCUT2D eigenvalue weighted by Gasteiger charge is -2.12. The molecule has 0 aromatic carbocycles. The first-order valence-electron chi connectivity index (χ1n) is 2.72. The van der Waals surface area contributed by atoms with E-state index in [4.69, 9.17) is 0 Å².